The number of piperazine rings is 1. The predicted molar refractivity (Wildman–Crippen MR) is 122 cm³/mol. The van der Waals surface area contributed by atoms with Gasteiger partial charge in [0.2, 0.25) is 11.8 Å². The number of amides is 2. The Hall–Kier alpha value is -2.64. The summed E-state index contributed by atoms with van der Waals surface area (Å²) < 4.78 is 0.970. The van der Waals surface area contributed by atoms with Gasteiger partial charge in [-0.25, -0.2) is 4.98 Å². The van der Waals surface area contributed by atoms with Gasteiger partial charge in [-0.15, -0.1) is 0 Å². The number of hydrogen-bond acceptors (Lipinski definition) is 5. The molecular formula is C22H23ClN4O2S. The minimum Gasteiger partial charge on any atom is -0.368 e. The highest BCUT2D eigenvalue weighted by Crippen LogP contribution is 2.27. The molecule has 8 heteroatoms. The van der Waals surface area contributed by atoms with Gasteiger partial charge in [-0.1, -0.05) is 42.0 Å². The summed E-state index contributed by atoms with van der Waals surface area (Å²) >= 11 is 7.52. The van der Waals surface area contributed by atoms with Gasteiger partial charge in [0.1, 0.15) is 0 Å². The van der Waals surface area contributed by atoms with Crippen LogP contribution >= 0.6 is 22.9 Å². The number of aromatic nitrogens is 1. The zero-order valence-electron chi connectivity index (χ0n) is 16.7. The second kappa shape index (κ2) is 9.02. The van der Waals surface area contributed by atoms with Crippen molar-refractivity contribution in [1.29, 1.82) is 0 Å². The lowest BCUT2D eigenvalue weighted by Gasteiger charge is -2.36. The van der Waals surface area contributed by atoms with Crippen molar-refractivity contribution in [3.8, 4) is 0 Å². The summed E-state index contributed by atoms with van der Waals surface area (Å²) in [5, 5.41) is 4.11. The van der Waals surface area contributed by atoms with Gasteiger partial charge in [-0.3, -0.25) is 9.59 Å². The number of anilines is 2. The Bertz CT molecular complexity index is 1080. The van der Waals surface area contributed by atoms with E-state index >= 15 is 0 Å². The van der Waals surface area contributed by atoms with Crippen LogP contribution in [0.25, 0.3) is 10.2 Å². The molecule has 1 N–H and O–H groups in total. The van der Waals surface area contributed by atoms with Crippen LogP contribution in [-0.4, -0.2) is 47.9 Å². The van der Waals surface area contributed by atoms with Crippen molar-refractivity contribution in [2.24, 2.45) is 0 Å². The Morgan fingerprint density at radius 2 is 1.93 bits per heavy atom. The van der Waals surface area contributed by atoms with Gasteiger partial charge in [0.15, 0.2) is 5.13 Å². The first-order valence-corrected chi connectivity index (χ1v) is 11.2. The summed E-state index contributed by atoms with van der Waals surface area (Å²) in [5.41, 5.74) is 2.88. The second-order valence-corrected chi connectivity index (χ2v) is 8.71. The van der Waals surface area contributed by atoms with Gasteiger partial charge in [0.25, 0.3) is 0 Å². The van der Waals surface area contributed by atoms with E-state index < -0.39 is 0 Å². The molecule has 2 amide bonds. The van der Waals surface area contributed by atoms with E-state index in [4.69, 9.17) is 11.6 Å². The smallest absolute Gasteiger partial charge is 0.227 e. The summed E-state index contributed by atoms with van der Waals surface area (Å²) in [4.78, 5) is 33.0. The number of fused-ring (bicyclic) bond motifs is 1. The second-order valence-electron chi connectivity index (χ2n) is 7.25. The van der Waals surface area contributed by atoms with Gasteiger partial charge < -0.3 is 15.1 Å². The highest BCUT2D eigenvalue weighted by atomic mass is 35.5. The van der Waals surface area contributed by atoms with Crippen molar-refractivity contribution >= 4 is 55.8 Å². The van der Waals surface area contributed by atoms with Crippen molar-refractivity contribution in [1.82, 2.24) is 9.88 Å². The highest BCUT2D eigenvalue weighted by Gasteiger charge is 2.21. The molecule has 0 atom stereocenters. The van der Waals surface area contributed by atoms with Crippen molar-refractivity contribution < 1.29 is 9.59 Å². The van der Waals surface area contributed by atoms with E-state index in [1.807, 2.05) is 47.4 Å². The maximum atomic E-state index is 12.8. The minimum atomic E-state index is -0.0543. The lowest BCUT2D eigenvalue weighted by molar-refractivity contribution is -0.130. The first kappa shape index (κ1) is 20.6. The number of rotatable bonds is 5. The molecule has 3 aromatic rings. The maximum Gasteiger partial charge on any atom is 0.227 e. The summed E-state index contributed by atoms with van der Waals surface area (Å²) in [6.07, 6.45) is 0.780. The molecule has 2 heterocycles. The fourth-order valence-electron chi connectivity index (χ4n) is 3.51. The zero-order valence-corrected chi connectivity index (χ0v) is 18.3. The van der Waals surface area contributed by atoms with E-state index in [2.05, 4.69) is 15.2 Å². The van der Waals surface area contributed by atoms with Crippen LogP contribution in [0.4, 0.5) is 10.8 Å². The number of carbonyl (C=O) groups is 2. The lowest BCUT2D eigenvalue weighted by Crippen LogP contribution is -2.49. The molecule has 1 aliphatic rings. The van der Waals surface area contributed by atoms with Crippen molar-refractivity contribution in [3.63, 3.8) is 0 Å². The normalized spacial score (nSPS) is 14.2. The zero-order chi connectivity index (χ0) is 21.1. The molecular weight excluding hydrogens is 420 g/mol. The lowest BCUT2D eigenvalue weighted by atomic mass is 10.1. The standard InChI is InChI=1S/C22H23ClN4O2S/c1-2-20(28)25-22-24-18-7-6-15(12-19(18)30-22)13-21(29)27-10-8-26(9-11-27)17-5-3-4-16(23)14-17/h3-7,12,14H,2,8-11,13H2,1H3,(H,24,25,28). The fourth-order valence-corrected chi connectivity index (χ4v) is 4.64. The van der Waals surface area contributed by atoms with Crippen LogP contribution in [0.5, 0.6) is 0 Å². The average Bonchev–Trinajstić information content (AvgIpc) is 3.15. The Morgan fingerprint density at radius 3 is 2.67 bits per heavy atom. The van der Waals surface area contributed by atoms with Crippen molar-refractivity contribution in [3.05, 3.63) is 53.1 Å². The van der Waals surface area contributed by atoms with E-state index in [9.17, 15) is 9.59 Å². The third-order valence-corrected chi connectivity index (χ3v) is 6.35. The summed E-state index contributed by atoms with van der Waals surface area (Å²) in [5.74, 6) is 0.0745. The molecule has 0 aliphatic carbocycles. The fraction of sp³-hybridized carbons (Fsp3) is 0.318. The molecule has 2 aromatic carbocycles. The number of nitrogens with zero attached hydrogens (tertiary/aromatic N) is 3. The topological polar surface area (TPSA) is 65.5 Å². The Morgan fingerprint density at radius 1 is 1.13 bits per heavy atom. The third-order valence-electron chi connectivity index (χ3n) is 5.18. The summed E-state index contributed by atoms with van der Waals surface area (Å²) in [6.45, 7) is 4.78. The molecule has 0 spiro atoms. The Balaban J connectivity index is 1.37. The van der Waals surface area contributed by atoms with E-state index in [0.29, 0.717) is 31.1 Å². The highest BCUT2D eigenvalue weighted by molar-refractivity contribution is 7.22. The quantitative estimate of drug-likeness (QED) is 0.643. The van der Waals surface area contributed by atoms with Crippen LogP contribution in [-0.2, 0) is 16.0 Å². The molecule has 1 fully saturated rings. The molecule has 0 unspecified atom stereocenters. The van der Waals surface area contributed by atoms with Crippen molar-refractivity contribution in [2.75, 3.05) is 36.4 Å². The average molecular weight is 443 g/mol. The molecule has 0 bridgehead atoms. The molecule has 1 aliphatic heterocycles. The van der Waals surface area contributed by atoms with Gasteiger partial charge in [0.05, 0.1) is 16.6 Å². The molecule has 0 saturated carbocycles. The molecule has 1 saturated heterocycles. The number of nitrogens with one attached hydrogen (secondary N) is 1. The molecule has 4 rings (SSSR count). The Kier molecular flexibility index (Phi) is 6.20. The molecule has 30 heavy (non-hydrogen) atoms. The van der Waals surface area contributed by atoms with Crippen LogP contribution in [0.2, 0.25) is 5.02 Å². The van der Waals surface area contributed by atoms with Gasteiger partial charge >= 0.3 is 0 Å². The van der Waals surface area contributed by atoms with E-state index in [-0.39, 0.29) is 11.8 Å². The van der Waals surface area contributed by atoms with E-state index in [1.165, 1.54) is 11.3 Å². The first-order valence-electron chi connectivity index (χ1n) is 9.99. The van der Waals surface area contributed by atoms with E-state index in [0.717, 1.165) is 39.6 Å². The van der Waals surface area contributed by atoms with Gasteiger partial charge in [-0.05, 0) is 35.9 Å². The molecule has 6 nitrogen and oxygen atoms in total. The summed E-state index contributed by atoms with van der Waals surface area (Å²) in [7, 11) is 0. The van der Waals surface area contributed by atoms with Gasteiger partial charge in [0, 0.05) is 43.3 Å². The third kappa shape index (κ3) is 4.74. The van der Waals surface area contributed by atoms with Crippen LogP contribution in [0.1, 0.15) is 18.9 Å². The van der Waals surface area contributed by atoms with Gasteiger partial charge in [-0.2, -0.15) is 0 Å². The first-order chi connectivity index (χ1) is 14.5. The molecule has 156 valence electrons. The number of thiazole rings is 1. The van der Waals surface area contributed by atoms with E-state index in [1.54, 1.807) is 6.92 Å². The van der Waals surface area contributed by atoms with Crippen molar-refractivity contribution in [2.45, 2.75) is 19.8 Å². The number of carbonyl (C=O) groups excluding carboxylic acids is 2. The Labute approximate surface area is 184 Å². The van der Waals surface area contributed by atoms with Crippen LogP contribution in [0.15, 0.2) is 42.5 Å². The largest absolute Gasteiger partial charge is 0.368 e. The predicted octanol–water partition coefficient (Wildman–Crippen LogP) is 4.19. The monoisotopic (exact) mass is 442 g/mol. The van der Waals surface area contributed by atoms with Crippen LogP contribution in [0, 0.1) is 0 Å². The number of benzene rings is 2. The number of halogens is 1. The molecule has 0 radical (unpaired) electrons. The van der Waals surface area contributed by atoms with Crippen LogP contribution in [0.3, 0.4) is 0 Å². The summed E-state index contributed by atoms with van der Waals surface area (Å²) in [6, 6.07) is 13.7. The minimum absolute atomic E-state index is 0.0543. The SMILES string of the molecule is CCC(=O)Nc1nc2ccc(CC(=O)N3CCN(c4cccc(Cl)c4)CC3)cc2s1. The van der Waals surface area contributed by atoms with Crippen LogP contribution < -0.4 is 10.2 Å². The molecule has 1 aromatic heterocycles. The number of hydrogen-bond donors (Lipinski definition) is 1. The maximum absolute atomic E-state index is 12.8.